The van der Waals surface area contributed by atoms with Crippen LogP contribution in [-0.2, 0) is 9.84 Å². The van der Waals surface area contributed by atoms with Crippen molar-refractivity contribution in [2.45, 2.75) is 19.8 Å². The summed E-state index contributed by atoms with van der Waals surface area (Å²) in [5, 5.41) is 0. The molecule has 0 amide bonds. The van der Waals surface area contributed by atoms with Crippen LogP contribution in [-0.4, -0.2) is 20.4 Å². The molecule has 1 rings (SSSR count). The SMILES string of the molecule is CC=C(SSCC1CC1)S(C)(=O)=O. The Bertz CT molecular complexity index is 289. The van der Waals surface area contributed by atoms with Crippen LogP contribution in [0.4, 0.5) is 0 Å². The van der Waals surface area contributed by atoms with Crippen LogP contribution in [0.3, 0.4) is 0 Å². The molecule has 0 spiro atoms. The Balaban J connectivity index is 2.32. The fraction of sp³-hybridized carbons (Fsp3) is 0.750. The molecule has 0 bridgehead atoms. The van der Waals surface area contributed by atoms with Crippen molar-refractivity contribution in [1.82, 2.24) is 0 Å². The molecule has 0 aliphatic heterocycles. The van der Waals surface area contributed by atoms with Crippen LogP contribution >= 0.6 is 21.6 Å². The minimum atomic E-state index is -2.99. The first-order valence-corrected chi connectivity index (χ1v) is 8.41. The van der Waals surface area contributed by atoms with Crippen LogP contribution < -0.4 is 0 Å². The van der Waals surface area contributed by atoms with Gasteiger partial charge in [-0.2, -0.15) is 0 Å². The van der Waals surface area contributed by atoms with E-state index in [4.69, 9.17) is 0 Å². The zero-order valence-electron chi connectivity index (χ0n) is 7.82. The molecule has 1 aliphatic carbocycles. The Morgan fingerprint density at radius 2 is 2.15 bits per heavy atom. The molecular formula is C8H14O2S3. The van der Waals surface area contributed by atoms with Crippen molar-refractivity contribution in [1.29, 1.82) is 0 Å². The van der Waals surface area contributed by atoms with Crippen LogP contribution in [0, 0.1) is 5.92 Å². The van der Waals surface area contributed by atoms with Gasteiger partial charge in [0.2, 0.25) is 0 Å². The number of hydrogen-bond donors (Lipinski definition) is 0. The molecule has 1 aliphatic rings. The van der Waals surface area contributed by atoms with Gasteiger partial charge in [-0.3, -0.25) is 0 Å². The summed E-state index contributed by atoms with van der Waals surface area (Å²) in [6.07, 6.45) is 5.56. The first-order chi connectivity index (χ1) is 6.04. The van der Waals surface area contributed by atoms with Crippen molar-refractivity contribution in [3.05, 3.63) is 10.3 Å². The van der Waals surface area contributed by atoms with Gasteiger partial charge < -0.3 is 0 Å². The van der Waals surface area contributed by atoms with Gasteiger partial charge in [-0.25, -0.2) is 8.42 Å². The molecule has 0 aromatic carbocycles. The largest absolute Gasteiger partial charge is 0.223 e. The highest BCUT2D eigenvalue weighted by atomic mass is 33.1. The van der Waals surface area contributed by atoms with Crippen LogP contribution in [0.25, 0.3) is 0 Å². The van der Waals surface area contributed by atoms with Gasteiger partial charge >= 0.3 is 0 Å². The second-order valence-corrected chi connectivity index (χ2v) is 7.82. The Labute approximate surface area is 87.9 Å². The van der Waals surface area contributed by atoms with E-state index in [2.05, 4.69) is 0 Å². The van der Waals surface area contributed by atoms with Crippen molar-refractivity contribution in [2.75, 3.05) is 12.0 Å². The molecule has 0 aromatic rings. The maximum Gasteiger partial charge on any atom is 0.181 e. The van der Waals surface area contributed by atoms with Gasteiger partial charge in [0.15, 0.2) is 9.84 Å². The third-order valence-electron chi connectivity index (χ3n) is 1.74. The molecular weight excluding hydrogens is 224 g/mol. The maximum absolute atomic E-state index is 11.2. The van der Waals surface area contributed by atoms with Crippen LogP contribution in [0.5, 0.6) is 0 Å². The molecule has 0 radical (unpaired) electrons. The predicted molar refractivity (Wildman–Crippen MR) is 61.4 cm³/mol. The van der Waals surface area contributed by atoms with E-state index in [1.807, 2.05) is 0 Å². The normalized spacial score (nSPS) is 19.1. The average molecular weight is 238 g/mol. The highest BCUT2D eigenvalue weighted by Crippen LogP contribution is 2.40. The van der Waals surface area contributed by atoms with E-state index in [1.54, 1.807) is 23.8 Å². The summed E-state index contributed by atoms with van der Waals surface area (Å²) < 4.78 is 22.8. The van der Waals surface area contributed by atoms with Gasteiger partial charge in [-0.05, 0) is 36.5 Å². The van der Waals surface area contributed by atoms with Gasteiger partial charge in [0.1, 0.15) is 4.24 Å². The lowest BCUT2D eigenvalue weighted by Gasteiger charge is -2.02. The molecule has 0 aromatic heterocycles. The Morgan fingerprint density at radius 3 is 2.54 bits per heavy atom. The molecule has 0 saturated heterocycles. The third-order valence-corrected chi connectivity index (χ3v) is 6.61. The molecule has 1 fully saturated rings. The molecule has 2 nitrogen and oxygen atoms in total. The Morgan fingerprint density at radius 1 is 1.54 bits per heavy atom. The van der Waals surface area contributed by atoms with Crippen molar-refractivity contribution in [3.63, 3.8) is 0 Å². The Kier molecular flexibility index (Phi) is 4.19. The fourth-order valence-corrected chi connectivity index (χ4v) is 5.49. The van der Waals surface area contributed by atoms with E-state index in [9.17, 15) is 8.42 Å². The maximum atomic E-state index is 11.2. The van der Waals surface area contributed by atoms with E-state index >= 15 is 0 Å². The average Bonchev–Trinajstić information content (AvgIpc) is 2.78. The van der Waals surface area contributed by atoms with Gasteiger partial charge in [-0.1, -0.05) is 16.9 Å². The van der Waals surface area contributed by atoms with Crippen molar-refractivity contribution in [2.24, 2.45) is 5.92 Å². The van der Waals surface area contributed by atoms with Crippen LogP contribution in [0.2, 0.25) is 0 Å². The quantitative estimate of drug-likeness (QED) is 0.690. The van der Waals surface area contributed by atoms with Crippen molar-refractivity contribution >= 4 is 31.4 Å². The lowest BCUT2D eigenvalue weighted by atomic mass is 10.5. The first-order valence-electron chi connectivity index (χ1n) is 4.20. The van der Waals surface area contributed by atoms with Crippen LogP contribution in [0.15, 0.2) is 10.3 Å². The number of rotatable bonds is 5. The minimum Gasteiger partial charge on any atom is -0.223 e. The standard InChI is InChI=1S/C8H14O2S3/c1-3-8(13(2,9)10)12-11-6-7-4-5-7/h3,7H,4-6H2,1-2H3. The lowest BCUT2D eigenvalue weighted by molar-refractivity contribution is 0.609. The third kappa shape index (κ3) is 4.42. The molecule has 13 heavy (non-hydrogen) atoms. The van der Waals surface area contributed by atoms with Crippen molar-refractivity contribution < 1.29 is 8.42 Å². The molecule has 5 heteroatoms. The molecule has 0 N–H and O–H groups in total. The minimum absolute atomic E-state index is 0.484. The summed E-state index contributed by atoms with van der Waals surface area (Å²) in [5.74, 6) is 1.92. The molecule has 0 heterocycles. The number of hydrogen-bond acceptors (Lipinski definition) is 4. The highest BCUT2D eigenvalue weighted by molar-refractivity contribution is 8.79. The fourth-order valence-electron chi connectivity index (χ4n) is 0.797. The summed E-state index contributed by atoms with van der Waals surface area (Å²) in [7, 11) is 0.0500. The summed E-state index contributed by atoms with van der Waals surface area (Å²) in [6, 6.07) is 0. The summed E-state index contributed by atoms with van der Waals surface area (Å²) >= 11 is 0. The van der Waals surface area contributed by atoms with Gasteiger partial charge in [0.25, 0.3) is 0 Å². The van der Waals surface area contributed by atoms with Crippen molar-refractivity contribution in [3.8, 4) is 0 Å². The second-order valence-electron chi connectivity index (χ2n) is 3.19. The van der Waals surface area contributed by atoms with E-state index < -0.39 is 9.84 Å². The zero-order valence-corrected chi connectivity index (χ0v) is 10.3. The number of allylic oxidation sites excluding steroid dienone is 1. The number of sulfone groups is 1. The van der Waals surface area contributed by atoms with Crippen LogP contribution in [0.1, 0.15) is 19.8 Å². The molecule has 0 atom stereocenters. The van der Waals surface area contributed by atoms with E-state index in [0.29, 0.717) is 4.24 Å². The smallest absolute Gasteiger partial charge is 0.181 e. The van der Waals surface area contributed by atoms with Gasteiger partial charge in [0, 0.05) is 12.0 Å². The van der Waals surface area contributed by atoms with E-state index in [-0.39, 0.29) is 0 Å². The van der Waals surface area contributed by atoms with E-state index in [0.717, 1.165) is 11.7 Å². The molecule has 76 valence electrons. The summed E-state index contributed by atoms with van der Waals surface area (Å²) in [4.78, 5) is 0. The highest BCUT2D eigenvalue weighted by Gasteiger charge is 2.22. The summed E-state index contributed by atoms with van der Waals surface area (Å²) in [6.45, 7) is 1.76. The first kappa shape index (κ1) is 11.5. The second kappa shape index (κ2) is 4.75. The predicted octanol–water partition coefficient (Wildman–Crippen LogP) is 2.68. The lowest BCUT2D eigenvalue weighted by Crippen LogP contribution is -1.96. The summed E-state index contributed by atoms with van der Waals surface area (Å²) in [5.41, 5.74) is 0. The topological polar surface area (TPSA) is 34.1 Å². The molecule has 0 unspecified atom stereocenters. The van der Waals surface area contributed by atoms with E-state index in [1.165, 1.54) is 29.9 Å². The molecule has 1 saturated carbocycles. The Hall–Kier alpha value is 0.390. The zero-order chi connectivity index (χ0) is 9.90. The van der Waals surface area contributed by atoms with Gasteiger partial charge in [-0.15, -0.1) is 0 Å². The van der Waals surface area contributed by atoms with Gasteiger partial charge in [0.05, 0.1) is 0 Å². The monoisotopic (exact) mass is 238 g/mol.